The zero-order valence-electron chi connectivity index (χ0n) is 12.5. The molecule has 108 valence electrons. The maximum absolute atomic E-state index is 6.47. The number of nitrogens with two attached hydrogens (primary N) is 1. The molecule has 0 saturated heterocycles. The summed E-state index contributed by atoms with van der Waals surface area (Å²) in [4.78, 5) is 4.49. The van der Waals surface area contributed by atoms with Gasteiger partial charge in [0.25, 0.3) is 0 Å². The molecule has 0 amide bonds. The largest absolute Gasteiger partial charge is 0.335 e. The van der Waals surface area contributed by atoms with E-state index in [9.17, 15) is 0 Å². The van der Waals surface area contributed by atoms with Gasteiger partial charge in [-0.05, 0) is 31.1 Å². The number of rotatable bonds is 6. The van der Waals surface area contributed by atoms with Crippen LogP contribution in [0, 0.1) is 11.8 Å². The Hall–Kier alpha value is -0.830. The van der Waals surface area contributed by atoms with E-state index in [-0.39, 0.29) is 6.04 Å². The molecule has 0 bridgehead atoms. The van der Waals surface area contributed by atoms with Crippen molar-refractivity contribution in [3.63, 3.8) is 0 Å². The van der Waals surface area contributed by atoms with Crippen molar-refractivity contribution in [2.24, 2.45) is 17.6 Å². The molecule has 2 rings (SSSR count). The molecule has 3 unspecified atom stereocenters. The Morgan fingerprint density at radius 1 is 1.42 bits per heavy atom. The van der Waals surface area contributed by atoms with E-state index in [1.165, 1.54) is 37.9 Å². The van der Waals surface area contributed by atoms with Crippen molar-refractivity contribution >= 4 is 0 Å². The molecule has 1 aromatic rings. The van der Waals surface area contributed by atoms with E-state index in [1.807, 2.05) is 6.20 Å². The van der Waals surface area contributed by atoms with Gasteiger partial charge >= 0.3 is 0 Å². The van der Waals surface area contributed by atoms with Gasteiger partial charge in [0.15, 0.2) is 0 Å². The van der Waals surface area contributed by atoms with Crippen LogP contribution in [0.2, 0.25) is 0 Å². The summed E-state index contributed by atoms with van der Waals surface area (Å²) in [5, 5.41) is 0. The third-order valence-electron chi connectivity index (χ3n) is 4.69. The Bertz CT molecular complexity index is 372. The number of nitrogens with zero attached hydrogens (tertiary/aromatic N) is 2. The van der Waals surface area contributed by atoms with E-state index in [1.54, 1.807) is 0 Å². The second-order valence-corrected chi connectivity index (χ2v) is 6.11. The smallest absolute Gasteiger partial charge is 0.110 e. The van der Waals surface area contributed by atoms with Gasteiger partial charge in [0.05, 0.1) is 0 Å². The molecule has 0 aromatic carbocycles. The monoisotopic (exact) mass is 263 g/mol. The average Bonchev–Trinajstić information content (AvgIpc) is 2.86. The Balaban J connectivity index is 1.92. The summed E-state index contributed by atoms with van der Waals surface area (Å²) in [6.45, 7) is 5.58. The molecule has 2 N–H and O–H groups in total. The lowest BCUT2D eigenvalue weighted by atomic mass is 9.76. The molecule has 3 atom stereocenters. The summed E-state index contributed by atoms with van der Waals surface area (Å²) in [5.41, 5.74) is 6.47. The SMILES string of the molecule is CCCn1ccnc1CC(N)C1CCCC(CC)C1. The minimum absolute atomic E-state index is 0.285. The van der Waals surface area contributed by atoms with Gasteiger partial charge in [-0.1, -0.05) is 33.1 Å². The Labute approximate surface area is 117 Å². The third-order valence-corrected chi connectivity index (χ3v) is 4.69. The lowest BCUT2D eigenvalue weighted by Crippen LogP contribution is -2.36. The van der Waals surface area contributed by atoms with Crippen molar-refractivity contribution < 1.29 is 0 Å². The highest BCUT2D eigenvalue weighted by molar-refractivity contribution is 4.97. The van der Waals surface area contributed by atoms with E-state index in [0.717, 1.165) is 25.3 Å². The van der Waals surface area contributed by atoms with E-state index in [2.05, 4.69) is 29.6 Å². The highest BCUT2D eigenvalue weighted by Gasteiger charge is 2.26. The zero-order chi connectivity index (χ0) is 13.7. The summed E-state index contributed by atoms with van der Waals surface area (Å²) >= 11 is 0. The number of aromatic nitrogens is 2. The quantitative estimate of drug-likeness (QED) is 0.855. The van der Waals surface area contributed by atoms with Crippen LogP contribution in [0.3, 0.4) is 0 Å². The van der Waals surface area contributed by atoms with Crippen molar-refractivity contribution in [3.05, 3.63) is 18.2 Å². The zero-order valence-corrected chi connectivity index (χ0v) is 12.5. The van der Waals surface area contributed by atoms with Crippen LogP contribution in [0.5, 0.6) is 0 Å². The van der Waals surface area contributed by atoms with E-state index >= 15 is 0 Å². The first-order valence-corrected chi connectivity index (χ1v) is 8.00. The molecule has 1 aliphatic rings. The van der Waals surface area contributed by atoms with Crippen molar-refractivity contribution in [2.75, 3.05) is 0 Å². The average molecular weight is 263 g/mol. The molecule has 1 fully saturated rings. The number of hydrogen-bond acceptors (Lipinski definition) is 2. The molecule has 3 heteroatoms. The lowest BCUT2D eigenvalue weighted by Gasteiger charge is -2.32. The first kappa shape index (κ1) is 14.6. The van der Waals surface area contributed by atoms with E-state index in [4.69, 9.17) is 5.73 Å². The van der Waals surface area contributed by atoms with Gasteiger partial charge in [0.2, 0.25) is 0 Å². The van der Waals surface area contributed by atoms with Crippen LogP contribution in [0.25, 0.3) is 0 Å². The summed E-state index contributed by atoms with van der Waals surface area (Å²) < 4.78 is 2.26. The van der Waals surface area contributed by atoms with Crippen LogP contribution in [0.4, 0.5) is 0 Å². The van der Waals surface area contributed by atoms with Crippen LogP contribution in [-0.4, -0.2) is 15.6 Å². The number of imidazole rings is 1. The third kappa shape index (κ3) is 3.82. The van der Waals surface area contributed by atoms with Crippen molar-refractivity contribution in [1.29, 1.82) is 0 Å². The predicted octanol–water partition coefficient (Wildman–Crippen LogP) is 3.38. The van der Waals surface area contributed by atoms with Crippen LogP contribution in [-0.2, 0) is 13.0 Å². The highest BCUT2D eigenvalue weighted by atomic mass is 15.1. The molecule has 3 nitrogen and oxygen atoms in total. The maximum atomic E-state index is 6.47. The summed E-state index contributed by atoms with van der Waals surface area (Å²) in [7, 11) is 0. The van der Waals surface area contributed by atoms with Gasteiger partial charge in [-0.15, -0.1) is 0 Å². The van der Waals surface area contributed by atoms with Crippen molar-refractivity contribution in [1.82, 2.24) is 9.55 Å². The van der Waals surface area contributed by atoms with Crippen LogP contribution >= 0.6 is 0 Å². The molecule has 1 aliphatic carbocycles. The topological polar surface area (TPSA) is 43.8 Å². The lowest BCUT2D eigenvalue weighted by molar-refractivity contribution is 0.226. The fourth-order valence-electron chi connectivity index (χ4n) is 3.44. The van der Waals surface area contributed by atoms with E-state index in [0.29, 0.717) is 5.92 Å². The molecule has 1 heterocycles. The van der Waals surface area contributed by atoms with E-state index < -0.39 is 0 Å². The first-order chi connectivity index (χ1) is 9.24. The summed E-state index contributed by atoms with van der Waals surface area (Å²) in [6, 6.07) is 0.285. The maximum Gasteiger partial charge on any atom is 0.110 e. The van der Waals surface area contributed by atoms with Gasteiger partial charge in [-0.3, -0.25) is 0 Å². The van der Waals surface area contributed by atoms with Gasteiger partial charge in [0.1, 0.15) is 5.82 Å². The summed E-state index contributed by atoms with van der Waals surface area (Å²) in [6.07, 6.45) is 12.8. The molecular formula is C16H29N3. The van der Waals surface area contributed by atoms with Gasteiger partial charge in [0, 0.05) is 31.4 Å². The molecule has 19 heavy (non-hydrogen) atoms. The molecule has 0 spiro atoms. The fraction of sp³-hybridized carbons (Fsp3) is 0.812. The fourth-order valence-corrected chi connectivity index (χ4v) is 3.44. The minimum atomic E-state index is 0.285. The predicted molar refractivity (Wildman–Crippen MR) is 79.9 cm³/mol. The van der Waals surface area contributed by atoms with Gasteiger partial charge < -0.3 is 10.3 Å². The van der Waals surface area contributed by atoms with Crippen molar-refractivity contribution in [3.8, 4) is 0 Å². The normalized spacial score (nSPS) is 25.4. The second-order valence-electron chi connectivity index (χ2n) is 6.11. The Kier molecular flexibility index (Phi) is 5.44. The Morgan fingerprint density at radius 2 is 2.26 bits per heavy atom. The van der Waals surface area contributed by atoms with Gasteiger partial charge in [-0.25, -0.2) is 4.98 Å². The van der Waals surface area contributed by atoms with Crippen LogP contribution in [0.15, 0.2) is 12.4 Å². The molecule has 1 saturated carbocycles. The Morgan fingerprint density at radius 3 is 3.00 bits per heavy atom. The van der Waals surface area contributed by atoms with Gasteiger partial charge in [-0.2, -0.15) is 0 Å². The van der Waals surface area contributed by atoms with Crippen molar-refractivity contribution in [2.45, 2.75) is 71.4 Å². The molecule has 0 radical (unpaired) electrons. The minimum Gasteiger partial charge on any atom is -0.335 e. The molecule has 1 aromatic heterocycles. The molecular weight excluding hydrogens is 234 g/mol. The first-order valence-electron chi connectivity index (χ1n) is 8.00. The van der Waals surface area contributed by atoms with Crippen LogP contribution < -0.4 is 5.73 Å². The number of hydrogen-bond donors (Lipinski definition) is 1. The second kappa shape index (κ2) is 7.09. The standard InChI is InChI=1S/C16H29N3/c1-3-9-19-10-8-18-16(19)12-15(17)14-7-5-6-13(4-2)11-14/h8,10,13-15H,3-7,9,11-12,17H2,1-2H3. The number of aryl methyl sites for hydroxylation is 1. The summed E-state index contributed by atoms with van der Waals surface area (Å²) in [5.74, 6) is 2.78. The molecule has 0 aliphatic heterocycles. The van der Waals surface area contributed by atoms with Crippen LogP contribution in [0.1, 0.15) is 58.2 Å². The highest BCUT2D eigenvalue weighted by Crippen LogP contribution is 2.33.